The molecular weight excluding hydrogens is 362 g/mol. The maximum Gasteiger partial charge on any atom is 0.251 e. The SMILES string of the molecule is O=C1CC(N2CCc3c([nH]c4ccccc34)C2)C(=O)N1c1ccccc1Cl. The molecule has 2 aliphatic heterocycles. The molecule has 2 amide bonds. The van der Waals surface area contributed by atoms with Gasteiger partial charge in [0.25, 0.3) is 5.91 Å². The second kappa shape index (κ2) is 6.22. The summed E-state index contributed by atoms with van der Waals surface area (Å²) in [5.74, 6) is -0.381. The number of para-hydroxylation sites is 2. The van der Waals surface area contributed by atoms with Crippen LogP contribution in [0, 0.1) is 0 Å². The molecule has 1 unspecified atom stereocenters. The minimum absolute atomic E-state index is 0.187. The number of benzene rings is 2. The van der Waals surface area contributed by atoms with Crippen LogP contribution in [0.15, 0.2) is 48.5 Å². The van der Waals surface area contributed by atoms with Crippen LogP contribution in [0.25, 0.3) is 10.9 Å². The van der Waals surface area contributed by atoms with Gasteiger partial charge in [-0.15, -0.1) is 0 Å². The monoisotopic (exact) mass is 379 g/mol. The van der Waals surface area contributed by atoms with E-state index in [1.54, 1.807) is 24.3 Å². The Hall–Kier alpha value is -2.63. The maximum absolute atomic E-state index is 13.0. The Kier molecular flexibility index (Phi) is 3.81. The molecule has 136 valence electrons. The Morgan fingerprint density at radius 1 is 1.04 bits per heavy atom. The molecule has 2 aliphatic rings. The van der Waals surface area contributed by atoms with Gasteiger partial charge in [-0.2, -0.15) is 0 Å². The number of nitrogens with one attached hydrogen (secondary N) is 1. The van der Waals surface area contributed by atoms with Gasteiger partial charge in [0, 0.05) is 29.7 Å². The van der Waals surface area contributed by atoms with E-state index in [-0.39, 0.29) is 18.2 Å². The minimum atomic E-state index is -0.437. The molecule has 3 heterocycles. The average Bonchev–Trinajstić information content (AvgIpc) is 3.19. The molecule has 0 spiro atoms. The molecule has 5 rings (SSSR count). The summed E-state index contributed by atoms with van der Waals surface area (Å²) < 4.78 is 0. The first kappa shape index (κ1) is 16.5. The lowest BCUT2D eigenvalue weighted by atomic mass is 10.0. The number of nitrogens with zero attached hydrogens (tertiary/aromatic N) is 2. The Bertz CT molecular complexity index is 1070. The number of hydrogen-bond donors (Lipinski definition) is 1. The predicted octanol–water partition coefficient (Wildman–Crippen LogP) is 3.51. The van der Waals surface area contributed by atoms with Crippen LogP contribution < -0.4 is 4.90 Å². The molecule has 1 fully saturated rings. The second-order valence-electron chi connectivity index (χ2n) is 7.09. The van der Waals surface area contributed by atoms with Crippen molar-refractivity contribution < 1.29 is 9.59 Å². The van der Waals surface area contributed by atoms with Gasteiger partial charge in [0.2, 0.25) is 5.91 Å². The highest BCUT2D eigenvalue weighted by Crippen LogP contribution is 2.34. The van der Waals surface area contributed by atoms with Gasteiger partial charge < -0.3 is 4.98 Å². The summed E-state index contributed by atoms with van der Waals surface area (Å²) in [6.07, 6.45) is 1.06. The average molecular weight is 380 g/mol. The predicted molar refractivity (Wildman–Crippen MR) is 105 cm³/mol. The molecule has 6 heteroatoms. The third kappa shape index (κ3) is 2.58. The highest BCUT2D eigenvalue weighted by molar-refractivity contribution is 6.36. The van der Waals surface area contributed by atoms with E-state index in [4.69, 9.17) is 11.6 Å². The highest BCUT2D eigenvalue weighted by atomic mass is 35.5. The number of halogens is 1. The van der Waals surface area contributed by atoms with Crippen LogP contribution in [0.3, 0.4) is 0 Å². The van der Waals surface area contributed by atoms with Crippen molar-refractivity contribution in [3.05, 3.63) is 64.8 Å². The second-order valence-corrected chi connectivity index (χ2v) is 7.49. The van der Waals surface area contributed by atoms with Crippen LogP contribution in [-0.2, 0) is 22.6 Å². The van der Waals surface area contributed by atoms with E-state index in [1.165, 1.54) is 15.8 Å². The topological polar surface area (TPSA) is 56.4 Å². The number of carbonyl (C=O) groups is 2. The van der Waals surface area contributed by atoms with Gasteiger partial charge >= 0.3 is 0 Å². The van der Waals surface area contributed by atoms with Gasteiger partial charge in [0.05, 0.1) is 23.2 Å². The van der Waals surface area contributed by atoms with Crippen molar-refractivity contribution >= 4 is 40.0 Å². The lowest BCUT2D eigenvalue weighted by Crippen LogP contribution is -2.44. The molecule has 0 saturated carbocycles. The van der Waals surface area contributed by atoms with Crippen LogP contribution in [0.2, 0.25) is 5.02 Å². The summed E-state index contributed by atoms with van der Waals surface area (Å²) in [6, 6.07) is 14.8. The summed E-state index contributed by atoms with van der Waals surface area (Å²) in [7, 11) is 0. The van der Waals surface area contributed by atoms with Gasteiger partial charge in [0.1, 0.15) is 0 Å². The number of anilines is 1. The molecule has 0 radical (unpaired) electrons. The van der Waals surface area contributed by atoms with Crippen LogP contribution in [0.1, 0.15) is 17.7 Å². The van der Waals surface area contributed by atoms with E-state index in [1.807, 2.05) is 12.1 Å². The van der Waals surface area contributed by atoms with Crippen molar-refractivity contribution in [2.24, 2.45) is 0 Å². The zero-order valence-electron chi connectivity index (χ0n) is 14.6. The fraction of sp³-hybridized carbons (Fsp3) is 0.238. The quantitative estimate of drug-likeness (QED) is 0.693. The molecule has 5 nitrogen and oxygen atoms in total. The third-order valence-electron chi connectivity index (χ3n) is 5.57. The summed E-state index contributed by atoms with van der Waals surface area (Å²) in [5, 5.41) is 1.66. The molecule has 1 saturated heterocycles. The Labute approximate surface area is 161 Å². The van der Waals surface area contributed by atoms with Crippen LogP contribution in [0.5, 0.6) is 0 Å². The maximum atomic E-state index is 13.0. The molecule has 1 atom stereocenters. The van der Waals surface area contributed by atoms with Gasteiger partial charge in [-0.3, -0.25) is 14.5 Å². The molecule has 1 aromatic heterocycles. The van der Waals surface area contributed by atoms with Crippen molar-refractivity contribution in [3.8, 4) is 0 Å². The normalized spacial score (nSPS) is 20.5. The lowest BCUT2D eigenvalue weighted by molar-refractivity contribution is -0.123. The summed E-state index contributed by atoms with van der Waals surface area (Å²) in [4.78, 5) is 32.5. The van der Waals surface area contributed by atoms with E-state index in [0.717, 1.165) is 24.2 Å². The van der Waals surface area contributed by atoms with Crippen LogP contribution >= 0.6 is 11.6 Å². The number of imide groups is 1. The van der Waals surface area contributed by atoms with E-state index in [2.05, 4.69) is 22.0 Å². The third-order valence-corrected chi connectivity index (χ3v) is 5.89. The van der Waals surface area contributed by atoms with E-state index in [9.17, 15) is 9.59 Å². The Morgan fingerprint density at radius 3 is 2.67 bits per heavy atom. The number of amides is 2. The number of carbonyl (C=O) groups excluding carboxylic acids is 2. The van der Waals surface area contributed by atoms with Crippen molar-refractivity contribution in [1.82, 2.24) is 9.88 Å². The Morgan fingerprint density at radius 2 is 1.81 bits per heavy atom. The van der Waals surface area contributed by atoms with Gasteiger partial charge in [-0.05, 0) is 30.2 Å². The summed E-state index contributed by atoms with van der Waals surface area (Å²) in [5.41, 5.74) is 4.05. The van der Waals surface area contributed by atoms with Gasteiger partial charge in [-0.1, -0.05) is 41.9 Å². The number of fused-ring (bicyclic) bond motifs is 3. The number of hydrogen-bond acceptors (Lipinski definition) is 3. The standard InChI is InChI=1S/C21H18ClN3O2/c22-15-6-2-4-8-18(15)25-20(26)11-19(21(25)27)24-10-9-14-13-5-1-3-7-16(13)23-17(14)12-24/h1-8,19,23H,9-12H2. The number of aromatic nitrogens is 1. The smallest absolute Gasteiger partial charge is 0.251 e. The fourth-order valence-corrected chi connectivity index (χ4v) is 4.49. The fourth-order valence-electron chi connectivity index (χ4n) is 4.27. The number of H-pyrrole nitrogens is 1. The van der Waals surface area contributed by atoms with E-state index in [0.29, 0.717) is 17.3 Å². The first-order valence-electron chi connectivity index (χ1n) is 9.07. The Balaban J connectivity index is 1.44. The van der Waals surface area contributed by atoms with Gasteiger partial charge in [-0.25, -0.2) is 4.90 Å². The molecular formula is C21H18ClN3O2. The number of rotatable bonds is 2. The van der Waals surface area contributed by atoms with Crippen molar-refractivity contribution in [2.45, 2.75) is 25.4 Å². The molecule has 1 N–H and O–H groups in total. The van der Waals surface area contributed by atoms with Crippen molar-refractivity contribution in [3.63, 3.8) is 0 Å². The van der Waals surface area contributed by atoms with Crippen LogP contribution in [0.4, 0.5) is 5.69 Å². The van der Waals surface area contributed by atoms with E-state index < -0.39 is 6.04 Å². The van der Waals surface area contributed by atoms with Crippen molar-refractivity contribution in [1.29, 1.82) is 0 Å². The largest absolute Gasteiger partial charge is 0.357 e. The lowest BCUT2D eigenvalue weighted by Gasteiger charge is -2.30. The molecule has 3 aromatic rings. The molecule has 2 aromatic carbocycles. The minimum Gasteiger partial charge on any atom is -0.357 e. The van der Waals surface area contributed by atoms with Crippen LogP contribution in [-0.4, -0.2) is 34.3 Å². The van der Waals surface area contributed by atoms with Crippen molar-refractivity contribution in [2.75, 3.05) is 11.4 Å². The zero-order valence-corrected chi connectivity index (χ0v) is 15.4. The van der Waals surface area contributed by atoms with E-state index >= 15 is 0 Å². The summed E-state index contributed by atoms with van der Waals surface area (Å²) in [6.45, 7) is 1.40. The zero-order chi connectivity index (χ0) is 18.5. The first-order chi connectivity index (χ1) is 13.1. The molecule has 0 aliphatic carbocycles. The highest BCUT2D eigenvalue weighted by Gasteiger charge is 2.44. The summed E-state index contributed by atoms with van der Waals surface area (Å²) >= 11 is 6.22. The molecule has 27 heavy (non-hydrogen) atoms. The number of aromatic amines is 1. The molecule has 0 bridgehead atoms. The first-order valence-corrected chi connectivity index (χ1v) is 9.45. The van der Waals surface area contributed by atoms with Gasteiger partial charge in [0.15, 0.2) is 0 Å².